The second-order valence-corrected chi connectivity index (χ2v) is 2.73. The maximum absolute atomic E-state index is 8.68. The van der Waals surface area contributed by atoms with E-state index in [0.29, 0.717) is 11.6 Å². The highest BCUT2D eigenvalue weighted by atomic mass is 35.5. The summed E-state index contributed by atoms with van der Waals surface area (Å²) in [4.78, 5) is 3.91. The van der Waals surface area contributed by atoms with Crippen LogP contribution in [0.3, 0.4) is 0 Å². The first-order valence-electron chi connectivity index (χ1n) is 3.46. The van der Waals surface area contributed by atoms with Gasteiger partial charge in [-0.3, -0.25) is 0 Å². The molecule has 0 aliphatic rings. The number of rotatable bonds is 2. The molecule has 0 saturated carbocycles. The molecule has 0 saturated heterocycles. The van der Waals surface area contributed by atoms with Gasteiger partial charge in [0.2, 0.25) is 0 Å². The van der Waals surface area contributed by atoms with E-state index in [4.69, 9.17) is 16.7 Å². The van der Waals surface area contributed by atoms with Gasteiger partial charge in [-0.1, -0.05) is 11.6 Å². The number of aliphatic hydroxyl groups is 1. The van der Waals surface area contributed by atoms with Gasteiger partial charge in [0.1, 0.15) is 5.15 Å². The largest absolute Gasteiger partial charge is 0.396 e. The minimum atomic E-state index is 0.117. The van der Waals surface area contributed by atoms with Gasteiger partial charge in [0.05, 0.1) is 0 Å². The van der Waals surface area contributed by atoms with Gasteiger partial charge in [-0.25, -0.2) is 4.98 Å². The first kappa shape index (κ1) is 8.50. The van der Waals surface area contributed by atoms with E-state index < -0.39 is 0 Å². The van der Waals surface area contributed by atoms with Crippen LogP contribution in [-0.2, 0) is 6.42 Å². The van der Waals surface area contributed by atoms with E-state index in [1.807, 2.05) is 13.0 Å². The number of aliphatic hydroxyl groups excluding tert-OH is 1. The standard InChI is InChI=1S/C8H10ClNO/c1-6-2-4-10-8(9)7(6)3-5-11/h2,4,11H,3,5H2,1H3. The summed E-state index contributed by atoms with van der Waals surface area (Å²) in [6.07, 6.45) is 2.25. The Labute approximate surface area is 70.8 Å². The number of pyridine rings is 1. The summed E-state index contributed by atoms with van der Waals surface area (Å²) >= 11 is 5.79. The van der Waals surface area contributed by atoms with E-state index in [9.17, 15) is 0 Å². The van der Waals surface area contributed by atoms with E-state index in [-0.39, 0.29) is 6.61 Å². The normalized spacial score (nSPS) is 10.1. The van der Waals surface area contributed by atoms with E-state index in [1.54, 1.807) is 6.20 Å². The lowest BCUT2D eigenvalue weighted by molar-refractivity contribution is 0.299. The van der Waals surface area contributed by atoms with Crippen molar-refractivity contribution in [2.45, 2.75) is 13.3 Å². The van der Waals surface area contributed by atoms with Crippen molar-refractivity contribution in [2.75, 3.05) is 6.61 Å². The van der Waals surface area contributed by atoms with Crippen LogP contribution in [-0.4, -0.2) is 16.7 Å². The van der Waals surface area contributed by atoms with Crippen molar-refractivity contribution in [3.63, 3.8) is 0 Å². The molecule has 0 fully saturated rings. The molecule has 1 N–H and O–H groups in total. The highest BCUT2D eigenvalue weighted by Gasteiger charge is 2.02. The van der Waals surface area contributed by atoms with E-state index in [2.05, 4.69) is 4.98 Å². The van der Waals surface area contributed by atoms with E-state index in [0.717, 1.165) is 11.1 Å². The van der Waals surface area contributed by atoms with Gasteiger partial charge in [0, 0.05) is 12.8 Å². The molecule has 0 amide bonds. The van der Waals surface area contributed by atoms with Crippen LogP contribution in [0.5, 0.6) is 0 Å². The van der Waals surface area contributed by atoms with Gasteiger partial charge in [0.15, 0.2) is 0 Å². The van der Waals surface area contributed by atoms with Crippen molar-refractivity contribution in [2.24, 2.45) is 0 Å². The van der Waals surface area contributed by atoms with Crippen molar-refractivity contribution in [3.8, 4) is 0 Å². The third kappa shape index (κ3) is 1.91. The summed E-state index contributed by atoms with van der Waals surface area (Å²) in [5, 5.41) is 9.18. The number of aryl methyl sites for hydroxylation is 1. The number of hydrogen-bond acceptors (Lipinski definition) is 2. The third-order valence-corrected chi connectivity index (χ3v) is 1.92. The Balaban J connectivity index is 3.00. The summed E-state index contributed by atoms with van der Waals surface area (Å²) in [5.41, 5.74) is 2.02. The van der Waals surface area contributed by atoms with Crippen molar-refractivity contribution in [1.82, 2.24) is 4.98 Å². The lowest BCUT2D eigenvalue weighted by Crippen LogP contribution is -1.96. The fourth-order valence-corrected chi connectivity index (χ4v) is 1.27. The van der Waals surface area contributed by atoms with Gasteiger partial charge in [-0.15, -0.1) is 0 Å². The maximum Gasteiger partial charge on any atom is 0.132 e. The summed E-state index contributed by atoms with van der Waals surface area (Å²) in [5.74, 6) is 0. The molecule has 1 aromatic heterocycles. The molecule has 0 spiro atoms. The Morgan fingerprint density at radius 1 is 1.64 bits per heavy atom. The maximum atomic E-state index is 8.68. The minimum Gasteiger partial charge on any atom is -0.396 e. The molecule has 11 heavy (non-hydrogen) atoms. The van der Waals surface area contributed by atoms with Crippen LogP contribution in [0.2, 0.25) is 5.15 Å². The molecule has 0 aliphatic carbocycles. The van der Waals surface area contributed by atoms with Crippen LogP contribution in [0.15, 0.2) is 12.3 Å². The van der Waals surface area contributed by atoms with Gasteiger partial charge >= 0.3 is 0 Å². The lowest BCUT2D eigenvalue weighted by Gasteiger charge is -2.03. The molecule has 0 atom stereocenters. The zero-order chi connectivity index (χ0) is 8.27. The molecular formula is C8H10ClNO. The Morgan fingerprint density at radius 3 is 2.91 bits per heavy atom. The van der Waals surface area contributed by atoms with Gasteiger partial charge in [-0.2, -0.15) is 0 Å². The van der Waals surface area contributed by atoms with Crippen molar-refractivity contribution in [1.29, 1.82) is 0 Å². The number of nitrogens with zero attached hydrogens (tertiary/aromatic N) is 1. The van der Waals surface area contributed by atoms with Crippen molar-refractivity contribution < 1.29 is 5.11 Å². The van der Waals surface area contributed by atoms with Gasteiger partial charge in [0.25, 0.3) is 0 Å². The fourth-order valence-electron chi connectivity index (χ4n) is 0.968. The summed E-state index contributed by atoms with van der Waals surface area (Å²) < 4.78 is 0. The first-order chi connectivity index (χ1) is 5.25. The quantitative estimate of drug-likeness (QED) is 0.686. The van der Waals surface area contributed by atoms with E-state index in [1.165, 1.54) is 0 Å². The average Bonchev–Trinajstić information content (AvgIpc) is 1.97. The number of hydrogen-bond donors (Lipinski definition) is 1. The van der Waals surface area contributed by atoms with Gasteiger partial charge < -0.3 is 5.11 Å². The Kier molecular flexibility index (Phi) is 2.85. The topological polar surface area (TPSA) is 33.1 Å². The van der Waals surface area contributed by atoms with Gasteiger partial charge in [-0.05, 0) is 30.5 Å². The predicted octanol–water partition coefficient (Wildman–Crippen LogP) is 1.58. The number of halogens is 1. The summed E-state index contributed by atoms with van der Waals surface area (Å²) in [6.45, 7) is 2.07. The SMILES string of the molecule is Cc1ccnc(Cl)c1CCO. The molecule has 0 aromatic carbocycles. The molecule has 1 aromatic rings. The molecule has 0 unspecified atom stereocenters. The zero-order valence-electron chi connectivity index (χ0n) is 6.34. The molecule has 0 bridgehead atoms. The molecule has 0 radical (unpaired) electrons. The van der Waals surface area contributed by atoms with Crippen molar-refractivity contribution >= 4 is 11.6 Å². The molecule has 1 heterocycles. The zero-order valence-corrected chi connectivity index (χ0v) is 7.10. The molecular weight excluding hydrogens is 162 g/mol. The first-order valence-corrected chi connectivity index (χ1v) is 3.84. The smallest absolute Gasteiger partial charge is 0.132 e. The summed E-state index contributed by atoms with van der Waals surface area (Å²) in [6, 6.07) is 1.89. The highest BCUT2D eigenvalue weighted by Crippen LogP contribution is 2.16. The second kappa shape index (κ2) is 3.69. The Morgan fingerprint density at radius 2 is 2.36 bits per heavy atom. The molecule has 1 rings (SSSR count). The van der Waals surface area contributed by atoms with Crippen LogP contribution in [0, 0.1) is 6.92 Å². The monoisotopic (exact) mass is 171 g/mol. The van der Waals surface area contributed by atoms with E-state index >= 15 is 0 Å². The molecule has 2 nitrogen and oxygen atoms in total. The highest BCUT2D eigenvalue weighted by molar-refractivity contribution is 6.30. The molecule has 3 heteroatoms. The van der Waals surface area contributed by atoms with Crippen LogP contribution < -0.4 is 0 Å². The average molecular weight is 172 g/mol. The van der Waals surface area contributed by atoms with Crippen LogP contribution in [0.1, 0.15) is 11.1 Å². The Bertz CT molecular complexity index is 230. The summed E-state index contributed by atoms with van der Waals surface area (Å²) in [7, 11) is 0. The molecule has 0 aliphatic heterocycles. The number of aromatic nitrogens is 1. The predicted molar refractivity (Wildman–Crippen MR) is 44.8 cm³/mol. The minimum absolute atomic E-state index is 0.117. The van der Waals surface area contributed by atoms with Crippen LogP contribution in [0.4, 0.5) is 0 Å². The third-order valence-electron chi connectivity index (χ3n) is 1.60. The van der Waals surface area contributed by atoms with Crippen LogP contribution >= 0.6 is 11.6 Å². The Hall–Kier alpha value is -0.600. The fraction of sp³-hybridized carbons (Fsp3) is 0.375. The second-order valence-electron chi connectivity index (χ2n) is 2.37. The van der Waals surface area contributed by atoms with Crippen molar-refractivity contribution in [3.05, 3.63) is 28.5 Å². The lowest BCUT2D eigenvalue weighted by atomic mass is 10.1. The molecule has 60 valence electrons. The van der Waals surface area contributed by atoms with Crippen LogP contribution in [0.25, 0.3) is 0 Å².